The third-order valence-corrected chi connectivity index (χ3v) is 5.33. The molecule has 118 valence electrons. The molecule has 6 nitrogen and oxygen atoms in total. The van der Waals surface area contributed by atoms with Crippen molar-refractivity contribution < 1.29 is 19.4 Å². The summed E-state index contributed by atoms with van der Waals surface area (Å²) in [5, 5.41) is 15.2. The highest BCUT2D eigenvalue weighted by Crippen LogP contribution is 2.48. The van der Waals surface area contributed by atoms with Crippen LogP contribution in [-0.2, 0) is 9.53 Å². The van der Waals surface area contributed by atoms with Crippen molar-refractivity contribution in [3.8, 4) is 0 Å². The topological polar surface area (TPSA) is 87.7 Å². The van der Waals surface area contributed by atoms with E-state index in [0.717, 1.165) is 32.1 Å². The van der Waals surface area contributed by atoms with E-state index in [-0.39, 0.29) is 30.1 Å². The molecule has 3 aliphatic rings. The molecule has 0 heterocycles. The number of carbonyl (C=O) groups is 2. The van der Waals surface area contributed by atoms with Crippen LogP contribution < -0.4 is 10.6 Å². The molecule has 0 saturated heterocycles. The molecule has 0 spiro atoms. The fraction of sp³-hybridized carbons (Fsp3) is 0.867. The Morgan fingerprint density at radius 1 is 1.14 bits per heavy atom. The molecule has 0 radical (unpaired) electrons. The number of amides is 2. The lowest BCUT2D eigenvalue weighted by Gasteiger charge is -2.36. The average Bonchev–Trinajstić information content (AvgIpc) is 2.96. The summed E-state index contributed by atoms with van der Waals surface area (Å²) in [6.07, 6.45) is 4.92. The maximum Gasteiger partial charge on any atom is 0.315 e. The first-order chi connectivity index (χ1) is 10.1. The first-order valence-electron chi connectivity index (χ1n) is 8.00. The second-order valence-electron chi connectivity index (χ2n) is 6.59. The Bertz CT molecular complexity index is 422. The van der Waals surface area contributed by atoms with Crippen molar-refractivity contribution >= 4 is 12.0 Å². The van der Waals surface area contributed by atoms with Gasteiger partial charge in [-0.25, -0.2) is 4.79 Å². The molecule has 0 aromatic heterocycles. The number of urea groups is 1. The molecule has 3 rings (SSSR count). The molecule has 4 unspecified atom stereocenters. The van der Waals surface area contributed by atoms with Gasteiger partial charge in [0.15, 0.2) is 0 Å². The maximum absolute atomic E-state index is 12.1. The third-order valence-electron chi connectivity index (χ3n) is 5.33. The van der Waals surface area contributed by atoms with Gasteiger partial charge in [0.25, 0.3) is 0 Å². The second kappa shape index (κ2) is 5.83. The van der Waals surface area contributed by atoms with E-state index in [4.69, 9.17) is 4.74 Å². The lowest BCUT2D eigenvalue weighted by molar-refractivity contribution is -0.144. The minimum Gasteiger partial charge on any atom is -0.481 e. The molecule has 0 aromatic rings. The lowest BCUT2D eigenvalue weighted by atomic mass is 9.84. The van der Waals surface area contributed by atoms with E-state index in [9.17, 15) is 14.7 Å². The Morgan fingerprint density at radius 3 is 2.52 bits per heavy atom. The fourth-order valence-corrected chi connectivity index (χ4v) is 4.29. The predicted molar refractivity (Wildman–Crippen MR) is 75.8 cm³/mol. The Labute approximate surface area is 124 Å². The summed E-state index contributed by atoms with van der Waals surface area (Å²) in [4.78, 5) is 23.5. The molecule has 3 fully saturated rings. The Kier molecular flexibility index (Phi) is 4.06. The van der Waals surface area contributed by atoms with E-state index >= 15 is 0 Å². The zero-order chi connectivity index (χ0) is 15.0. The van der Waals surface area contributed by atoms with Crippen LogP contribution in [0.5, 0.6) is 0 Å². The number of nitrogens with one attached hydrogen (secondary N) is 2. The minimum atomic E-state index is -0.771. The SMILES string of the molecule is CCOC1CC(NC(=O)NC2C3CCC(C3)C2C(=O)O)C1. The van der Waals surface area contributed by atoms with Gasteiger partial charge in [0.2, 0.25) is 0 Å². The van der Waals surface area contributed by atoms with E-state index < -0.39 is 11.9 Å². The van der Waals surface area contributed by atoms with Crippen LogP contribution in [0.4, 0.5) is 4.79 Å². The summed E-state index contributed by atoms with van der Waals surface area (Å²) >= 11 is 0. The number of hydrogen-bond acceptors (Lipinski definition) is 3. The summed E-state index contributed by atoms with van der Waals surface area (Å²) in [5.41, 5.74) is 0. The molecule has 4 atom stereocenters. The number of fused-ring (bicyclic) bond motifs is 2. The van der Waals surface area contributed by atoms with Crippen LogP contribution in [0.3, 0.4) is 0 Å². The van der Waals surface area contributed by atoms with E-state index in [1.54, 1.807) is 0 Å². The van der Waals surface area contributed by atoms with Crippen LogP contribution in [-0.4, -0.2) is 41.9 Å². The van der Waals surface area contributed by atoms with E-state index in [1.165, 1.54) is 0 Å². The lowest BCUT2D eigenvalue weighted by Crippen LogP contribution is -2.55. The average molecular weight is 296 g/mol. The van der Waals surface area contributed by atoms with Gasteiger partial charge in [0, 0.05) is 18.7 Å². The highest BCUT2D eigenvalue weighted by Gasteiger charge is 2.51. The Hall–Kier alpha value is -1.30. The maximum atomic E-state index is 12.1. The predicted octanol–water partition coefficient (Wildman–Crippen LogP) is 1.35. The van der Waals surface area contributed by atoms with Gasteiger partial charge in [0.1, 0.15) is 0 Å². The number of carbonyl (C=O) groups excluding carboxylic acids is 1. The van der Waals surface area contributed by atoms with Gasteiger partial charge in [-0.2, -0.15) is 0 Å². The normalized spacial score (nSPS) is 40.6. The van der Waals surface area contributed by atoms with Gasteiger partial charge >= 0.3 is 12.0 Å². The Morgan fingerprint density at radius 2 is 1.86 bits per heavy atom. The molecular formula is C15H24N2O4. The van der Waals surface area contributed by atoms with Gasteiger partial charge < -0.3 is 20.5 Å². The van der Waals surface area contributed by atoms with Crippen LogP contribution in [0.2, 0.25) is 0 Å². The summed E-state index contributed by atoms with van der Waals surface area (Å²) in [6.45, 7) is 2.67. The van der Waals surface area contributed by atoms with Gasteiger partial charge in [-0.15, -0.1) is 0 Å². The first-order valence-corrected chi connectivity index (χ1v) is 8.00. The number of aliphatic carboxylic acids is 1. The molecule has 3 N–H and O–H groups in total. The van der Waals surface area contributed by atoms with Crippen LogP contribution in [0.25, 0.3) is 0 Å². The van der Waals surface area contributed by atoms with Crippen LogP contribution in [0.1, 0.15) is 39.0 Å². The first kappa shape index (κ1) is 14.6. The van der Waals surface area contributed by atoms with Crippen LogP contribution in [0, 0.1) is 17.8 Å². The summed E-state index contributed by atoms with van der Waals surface area (Å²) < 4.78 is 5.46. The smallest absolute Gasteiger partial charge is 0.315 e. The third kappa shape index (κ3) is 2.86. The molecule has 2 bridgehead atoms. The van der Waals surface area contributed by atoms with Crippen LogP contribution >= 0.6 is 0 Å². The molecular weight excluding hydrogens is 272 g/mol. The number of ether oxygens (including phenoxy) is 1. The highest BCUT2D eigenvalue weighted by molar-refractivity contribution is 5.77. The quantitative estimate of drug-likeness (QED) is 0.714. The van der Waals surface area contributed by atoms with Crippen LogP contribution in [0.15, 0.2) is 0 Å². The molecule has 21 heavy (non-hydrogen) atoms. The van der Waals surface area contributed by atoms with Crippen molar-refractivity contribution in [3.63, 3.8) is 0 Å². The number of rotatable bonds is 5. The monoisotopic (exact) mass is 296 g/mol. The number of hydrogen-bond donors (Lipinski definition) is 3. The molecule has 3 saturated carbocycles. The second-order valence-corrected chi connectivity index (χ2v) is 6.59. The van der Waals surface area contributed by atoms with Gasteiger partial charge in [-0.1, -0.05) is 0 Å². The summed E-state index contributed by atoms with van der Waals surface area (Å²) in [6, 6.07) is -0.272. The van der Waals surface area contributed by atoms with Crippen molar-refractivity contribution in [3.05, 3.63) is 0 Å². The van der Waals surface area contributed by atoms with E-state index in [2.05, 4.69) is 10.6 Å². The van der Waals surface area contributed by atoms with Crippen molar-refractivity contribution in [1.82, 2.24) is 10.6 Å². The van der Waals surface area contributed by atoms with Gasteiger partial charge in [0.05, 0.1) is 12.0 Å². The van der Waals surface area contributed by atoms with E-state index in [0.29, 0.717) is 12.5 Å². The zero-order valence-electron chi connectivity index (χ0n) is 12.4. The zero-order valence-corrected chi connectivity index (χ0v) is 12.4. The van der Waals surface area contributed by atoms with Crippen molar-refractivity contribution in [2.45, 2.75) is 57.2 Å². The molecule has 0 aliphatic heterocycles. The molecule has 6 heteroatoms. The molecule has 3 aliphatic carbocycles. The van der Waals surface area contributed by atoms with Gasteiger partial charge in [-0.3, -0.25) is 4.79 Å². The molecule has 0 aromatic carbocycles. The summed E-state index contributed by atoms with van der Waals surface area (Å²) in [7, 11) is 0. The summed E-state index contributed by atoms with van der Waals surface area (Å²) in [5.74, 6) is -0.608. The fourth-order valence-electron chi connectivity index (χ4n) is 4.29. The Balaban J connectivity index is 1.48. The largest absolute Gasteiger partial charge is 0.481 e. The van der Waals surface area contributed by atoms with Crippen molar-refractivity contribution in [2.24, 2.45) is 17.8 Å². The van der Waals surface area contributed by atoms with Gasteiger partial charge in [-0.05, 0) is 50.9 Å². The van der Waals surface area contributed by atoms with Crippen molar-refractivity contribution in [2.75, 3.05) is 6.61 Å². The molecule has 2 amide bonds. The highest BCUT2D eigenvalue weighted by atomic mass is 16.5. The standard InChI is InChI=1S/C15H24N2O4/c1-2-21-11-6-10(7-11)16-15(20)17-13-9-4-3-8(5-9)12(13)14(18)19/h8-13H,2-7H2,1H3,(H,18,19)(H2,16,17,20). The van der Waals surface area contributed by atoms with Crippen molar-refractivity contribution in [1.29, 1.82) is 0 Å². The minimum absolute atomic E-state index is 0.156. The number of carboxylic acids is 1. The van der Waals surface area contributed by atoms with E-state index in [1.807, 2.05) is 6.92 Å². The number of carboxylic acid groups (broad SMARTS) is 1.